The van der Waals surface area contributed by atoms with Crippen molar-refractivity contribution < 1.29 is 0 Å². The molecule has 0 nitrogen and oxygen atoms in total. The van der Waals surface area contributed by atoms with E-state index < -0.39 is 3.79 Å². The third-order valence-electron chi connectivity index (χ3n) is 3.82. The highest BCUT2D eigenvalue weighted by Crippen LogP contribution is 2.36. The second-order valence-electron chi connectivity index (χ2n) is 6.03. The highest BCUT2D eigenvalue weighted by Gasteiger charge is 2.29. The summed E-state index contributed by atoms with van der Waals surface area (Å²) in [6.07, 6.45) is 20.8. The van der Waals surface area contributed by atoms with Crippen molar-refractivity contribution in [3.05, 3.63) is 12.2 Å². The van der Waals surface area contributed by atoms with Crippen molar-refractivity contribution in [2.45, 2.75) is 99.6 Å². The van der Waals surface area contributed by atoms with Crippen molar-refractivity contribution in [3.63, 3.8) is 0 Å². The van der Waals surface area contributed by atoms with Gasteiger partial charge in [0.05, 0.1) is 5.38 Å². The van der Waals surface area contributed by atoms with Crippen LogP contribution in [0, 0.1) is 0 Å². The summed E-state index contributed by atoms with van der Waals surface area (Å²) in [6.45, 7) is 2.26. The van der Waals surface area contributed by atoms with Crippen molar-refractivity contribution in [3.8, 4) is 0 Å². The monoisotopic (exact) mass is 388 g/mol. The Morgan fingerprint density at radius 2 is 1.18 bits per heavy atom. The van der Waals surface area contributed by atoms with Gasteiger partial charge in [-0.3, -0.25) is 0 Å². The van der Waals surface area contributed by atoms with E-state index in [9.17, 15) is 0 Å². The minimum atomic E-state index is -1.33. The molecule has 132 valence electrons. The molecule has 22 heavy (non-hydrogen) atoms. The number of allylic oxidation sites excluding steroid dienone is 2. The highest BCUT2D eigenvalue weighted by molar-refractivity contribution is 6.70. The predicted octanol–water partition coefficient (Wildman–Crippen LogP) is 8.61. The summed E-state index contributed by atoms with van der Waals surface area (Å²) in [6, 6.07) is 0. The molecule has 0 bridgehead atoms. The molecular weight excluding hydrogens is 358 g/mol. The Morgan fingerprint density at radius 1 is 0.727 bits per heavy atom. The fraction of sp³-hybridized carbons (Fsp3) is 0.889. The number of halogens is 4. The van der Waals surface area contributed by atoms with Gasteiger partial charge in [-0.25, -0.2) is 0 Å². The molecule has 0 N–H and O–H groups in total. The van der Waals surface area contributed by atoms with Crippen LogP contribution in [0.25, 0.3) is 0 Å². The predicted molar refractivity (Wildman–Crippen MR) is 105 cm³/mol. The van der Waals surface area contributed by atoms with Crippen LogP contribution in [-0.4, -0.2) is 9.17 Å². The molecule has 0 saturated heterocycles. The maximum absolute atomic E-state index is 6.00. The van der Waals surface area contributed by atoms with Gasteiger partial charge in [0.25, 0.3) is 0 Å². The minimum absolute atomic E-state index is 0.380. The summed E-state index contributed by atoms with van der Waals surface area (Å²) in [7, 11) is 0. The molecule has 0 heterocycles. The van der Waals surface area contributed by atoms with Crippen molar-refractivity contribution in [2.75, 3.05) is 0 Å². The number of hydrogen-bond donors (Lipinski definition) is 0. The quantitative estimate of drug-likeness (QED) is 0.158. The van der Waals surface area contributed by atoms with Crippen LogP contribution in [-0.2, 0) is 0 Å². The second-order valence-corrected chi connectivity index (χ2v) is 8.92. The molecule has 0 aromatic rings. The van der Waals surface area contributed by atoms with Crippen LogP contribution in [0.1, 0.15) is 90.4 Å². The first-order chi connectivity index (χ1) is 10.5. The van der Waals surface area contributed by atoms with Gasteiger partial charge in [-0.05, 0) is 32.1 Å². The van der Waals surface area contributed by atoms with E-state index in [1.807, 2.05) is 0 Å². The molecule has 0 saturated carbocycles. The van der Waals surface area contributed by atoms with Gasteiger partial charge in [0.15, 0.2) is 0 Å². The summed E-state index contributed by atoms with van der Waals surface area (Å²) >= 11 is 23.2. The first-order valence-corrected chi connectivity index (χ1v) is 10.4. The van der Waals surface area contributed by atoms with E-state index in [0.717, 1.165) is 19.3 Å². The Balaban J connectivity index is 3.24. The van der Waals surface area contributed by atoms with Crippen LogP contribution in [0.5, 0.6) is 0 Å². The molecule has 0 spiro atoms. The van der Waals surface area contributed by atoms with Gasteiger partial charge in [0.2, 0.25) is 3.79 Å². The summed E-state index contributed by atoms with van der Waals surface area (Å²) in [5, 5.41) is -0.380. The zero-order valence-corrected chi connectivity index (χ0v) is 17.0. The maximum Gasteiger partial charge on any atom is 0.206 e. The van der Waals surface area contributed by atoms with E-state index in [0.29, 0.717) is 0 Å². The first-order valence-electron chi connectivity index (χ1n) is 8.84. The van der Waals surface area contributed by atoms with Gasteiger partial charge < -0.3 is 0 Å². The normalized spacial score (nSPS) is 13.9. The van der Waals surface area contributed by atoms with Gasteiger partial charge in [-0.1, -0.05) is 105 Å². The molecule has 1 unspecified atom stereocenters. The van der Waals surface area contributed by atoms with Crippen molar-refractivity contribution >= 4 is 46.4 Å². The Labute approximate surface area is 157 Å². The second kappa shape index (κ2) is 15.4. The largest absolute Gasteiger partial charge is 0.206 e. The summed E-state index contributed by atoms with van der Waals surface area (Å²) < 4.78 is -1.33. The first kappa shape index (κ1) is 22.9. The van der Waals surface area contributed by atoms with Gasteiger partial charge in [0, 0.05) is 0 Å². The zero-order chi connectivity index (χ0) is 16.7. The number of unbranched alkanes of at least 4 members (excludes halogenated alkanes) is 10. The average Bonchev–Trinajstić information content (AvgIpc) is 2.46. The molecule has 0 amide bonds. The van der Waals surface area contributed by atoms with Crippen LogP contribution in [0.4, 0.5) is 0 Å². The van der Waals surface area contributed by atoms with Crippen molar-refractivity contribution in [1.29, 1.82) is 0 Å². The summed E-state index contributed by atoms with van der Waals surface area (Å²) in [4.78, 5) is 0. The lowest BCUT2D eigenvalue weighted by Gasteiger charge is -2.17. The third kappa shape index (κ3) is 15.8. The lowest BCUT2D eigenvalue weighted by atomic mass is 10.1. The summed E-state index contributed by atoms with van der Waals surface area (Å²) in [5.74, 6) is 0. The topological polar surface area (TPSA) is 0 Å². The molecule has 0 aliphatic rings. The van der Waals surface area contributed by atoms with Crippen LogP contribution < -0.4 is 0 Å². The van der Waals surface area contributed by atoms with E-state index >= 15 is 0 Å². The van der Waals surface area contributed by atoms with Gasteiger partial charge in [-0.15, -0.1) is 11.6 Å². The Kier molecular flexibility index (Phi) is 16.1. The van der Waals surface area contributed by atoms with Crippen molar-refractivity contribution in [2.24, 2.45) is 0 Å². The van der Waals surface area contributed by atoms with E-state index in [1.54, 1.807) is 0 Å². The van der Waals surface area contributed by atoms with Gasteiger partial charge >= 0.3 is 0 Å². The maximum atomic E-state index is 6.00. The molecule has 0 aliphatic heterocycles. The standard InChI is InChI=1S/C18H32Cl4/c1-2-3-4-5-6-7-8-9-10-11-12-13-14-15-16-17(19)18(20,21)22/h9-10,17H,2-8,11-16H2,1H3. The molecule has 0 fully saturated rings. The fourth-order valence-corrected chi connectivity index (χ4v) is 2.86. The Bertz CT molecular complexity index is 258. The fourth-order valence-electron chi connectivity index (χ4n) is 2.38. The molecular formula is C18H32Cl4. The highest BCUT2D eigenvalue weighted by atomic mass is 35.6. The van der Waals surface area contributed by atoms with Crippen LogP contribution in [0.2, 0.25) is 0 Å². The van der Waals surface area contributed by atoms with Crippen LogP contribution in [0.15, 0.2) is 12.2 Å². The molecule has 0 aliphatic carbocycles. The molecule has 0 rings (SSSR count). The smallest absolute Gasteiger partial charge is 0.118 e. The lowest BCUT2D eigenvalue weighted by Crippen LogP contribution is -2.18. The van der Waals surface area contributed by atoms with Crippen molar-refractivity contribution in [1.82, 2.24) is 0 Å². The van der Waals surface area contributed by atoms with E-state index in [2.05, 4.69) is 19.1 Å². The number of rotatable bonds is 14. The number of alkyl halides is 4. The van der Waals surface area contributed by atoms with Gasteiger partial charge in [-0.2, -0.15) is 0 Å². The van der Waals surface area contributed by atoms with Crippen LogP contribution in [0.3, 0.4) is 0 Å². The van der Waals surface area contributed by atoms with E-state index in [-0.39, 0.29) is 5.38 Å². The lowest BCUT2D eigenvalue weighted by molar-refractivity contribution is 0.602. The van der Waals surface area contributed by atoms with Crippen LogP contribution >= 0.6 is 46.4 Å². The Hall–Kier alpha value is 0.900. The summed E-state index contributed by atoms with van der Waals surface area (Å²) in [5.41, 5.74) is 0. The zero-order valence-electron chi connectivity index (χ0n) is 13.9. The average molecular weight is 390 g/mol. The molecule has 4 heteroatoms. The number of hydrogen-bond acceptors (Lipinski definition) is 0. The molecule has 0 aromatic carbocycles. The third-order valence-corrected chi connectivity index (χ3v) is 5.50. The van der Waals surface area contributed by atoms with E-state index in [1.165, 1.54) is 64.2 Å². The molecule has 0 aromatic heterocycles. The Morgan fingerprint density at radius 3 is 1.68 bits per heavy atom. The molecule has 0 radical (unpaired) electrons. The molecule has 1 atom stereocenters. The minimum Gasteiger partial charge on any atom is -0.118 e. The SMILES string of the molecule is CCCCCCCCC=CCCCCCCC(Cl)C(Cl)(Cl)Cl. The van der Waals surface area contributed by atoms with E-state index in [4.69, 9.17) is 46.4 Å². The van der Waals surface area contributed by atoms with Gasteiger partial charge in [0.1, 0.15) is 0 Å².